The zero-order valence-corrected chi connectivity index (χ0v) is 14.2. The minimum absolute atomic E-state index is 0.0824. The first kappa shape index (κ1) is 19.6. The van der Waals surface area contributed by atoms with Gasteiger partial charge in [-0.25, -0.2) is 4.79 Å². The topological polar surface area (TPSA) is 82.7 Å². The minimum Gasteiger partial charge on any atom is -0.307 e. The molecule has 138 valence electrons. The Balaban J connectivity index is 1.98. The summed E-state index contributed by atoms with van der Waals surface area (Å²) < 4.78 is 40.6. The van der Waals surface area contributed by atoms with Gasteiger partial charge in [0, 0.05) is 24.2 Å². The number of anilines is 2. The number of halogens is 4. The van der Waals surface area contributed by atoms with Gasteiger partial charge in [0.2, 0.25) is 0 Å². The first-order valence-corrected chi connectivity index (χ1v) is 8.01. The van der Waals surface area contributed by atoms with E-state index >= 15 is 0 Å². The van der Waals surface area contributed by atoms with Gasteiger partial charge in [0.15, 0.2) is 0 Å². The first-order chi connectivity index (χ1) is 12.3. The van der Waals surface area contributed by atoms with Gasteiger partial charge in [-0.1, -0.05) is 11.6 Å². The Bertz CT molecular complexity index is 813. The molecule has 0 atom stereocenters. The molecule has 0 saturated heterocycles. The Morgan fingerprint density at radius 1 is 1.31 bits per heavy atom. The third kappa shape index (κ3) is 5.67. The van der Waals surface area contributed by atoms with Crippen molar-refractivity contribution in [1.82, 2.24) is 9.78 Å². The molecular weight excluding hydrogens is 371 g/mol. The van der Waals surface area contributed by atoms with Gasteiger partial charge in [-0.2, -0.15) is 23.5 Å². The lowest BCUT2D eigenvalue weighted by Gasteiger charge is -2.14. The van der Waals surface area contributed by atoms with Crippen LogP contribution in [0.15, 0.2) is 30.6 Å². The van der Waals surface area contributed by atoms with Crippen LogP contribution in [-0.4, -0.2) is 15.8 Å². The first-order valence-electron chi connectivity index (χ1n) is 7.64. The van der Waals surface area contributed by atoms with Crippen molar-refractivity contribution in [2.24, 2.45) is 0 Å². The summed E-state index contributed by atoms with van der Waals surface area (Å²) in [5, 5.41) is 17.0. The molecule has 0 fully saturated rings. The number of carbonyl (C=O) groups is 1. The number of urea groups is 1. The van der Waals surface area contributed by atoms with Crippen LogP contribution in [0.4, 0.5) is 29.3 Å². The monoisotopic (exact) mass is 385 g/mol. The lowest BCUT2D eigenvalue weighted by Crippen LogP contribution is -2.21. The van der Waals surface area contributed by atoms with E-state index in [1.165, 1.54) is 12.3 Å². The van der Waals surface area contributed by atoms with Gasteiger partial charge in [-0.15, -0.1) is 0 Å². The minimum atomic E-state index is -4.65. The highest BCUT2D eigenvalue weighted by molar-refractivity contribution is 6.30. The quantitative estimate of drug-likeness (QED) is 0.694. The van der Waals surface area contributed by atoms with Crippen molar-refractivity contribution in [3.8, 4) is 6.07 Å². The number of carbonyl (C=O) groups excluding carboxylic acids is 1. The molecule has 1 heterocycles. The van der Waals surface area contributed by atoms with Crippen LogP contribution < -0.4 is 10.6 Å². The van der Waals surface area contributed by atoms with Crippen molar-refractivity contribution in [2.75, 3.05) is 10.6 Å². The molecule has 2 amide bonds. The maximum absolute atomic E-state index is 13.0. The number of nitrogens with one attached hydrogen (secondary N) is 2. The number of nitriles is 1. The number of hydrogen-bond donors (Lipinski definition) is 2. The van der Waals surface area contributed by atoms with Crippen molar-refractivity contribution in [3.63, 3.8) is 0 Å². The second-order valence-corrected chi connectivity index (χ2v) is 5.81. The summed E-state index contributed by atoms with van der Waals surface area (Å²) in [7, 11) is 0. The number of benzene rings is 1. The number of aryl methyl sites for hydroxylation is 1. The van der Waals surface area contributed by atoms with Crippen LogP contribution in [-0.2, 0) is 12.7 Å². The predicted molar refractivity (Wildman–Crippen MR) is 90.8 cm³/mol. The van der Waals surface area contributed by atoms with Crippen molar-refractivity contribution in [1.29, 1.82) is 5.26 Å². The molecular formula is C16H15ClF3N5O. The van der Waals surface area contributed by atoms with Crippen LogP contribution in [0.1, 0.15) is 24.8 Å². The molecule has 1 aromatic heterocycles. The average Bonchev–Trinajstić information content (AvgIpc) is 2.99. The van der Waals surface area contributed by atoms with Crippen molar-refractivity contribution in [2.45, 2.75) is 32.0 Å². The van der Waals surface area contributed by atoms with E-state index in [1.807, 2.05) is 6.07 Å². The van der Waals surface area contributed by atoms with Gasteiger partial charge in [-0.05, 0) is 31.0 Å². The zero-order chi connectivity index (χ0) is 19.2. The van der Waals surface area contributed by atoms with Crippen LogP contribution in [0.2, 0.25) is 5.02 Å². The number of unbranched alkanes of at least 4 members (excludes halogenated alkanes) is 2. The summed E-state index contributed by atoms with van der Waals surface area (Å²) in [5.74, 6) is 0. The summed E-state index contributed by atoms with van der Waals surface area (Å²) in [6, 6.07) is 4.30. The Hall–Kier alpha value is -2.73. The van der Waals surface area contributed by atoms with E-state index < -0.39 is 23.5 Å². The fourth-order valence-electron chi connectivity index (χ4n) is 2.17. The van der Waals surface area contributed by atoms with Crippen molar-refractivity contribution >= 4 is 29.0 Å². The van der Waals surface area contributed by atoms with Gasteiger partial charge >= 0.3 is 12.2 Å². The standard InChI is InChI=1S/C16H15ClF3N5O/c17-11-4-5-14(13(8-11)16(18,19)20)24-15(26)23-12-9-22-25(10-12)7-3-1-2-6-21/h4-5,8-10H,1-3,7H2,(H2,23,24,26). The van der Waals surface area contributed by atoms with Gasteiger partial charge < -0.3 is 10.6 Å². The number of aromatic nitrogens is 2. The summed E-state index contributed by atoms with van der Waals surface area (Å²) in [5.41, 5.74) is -1.10. The van der Waals surface area contributed by atoms with E-state index in [0.717, 1.165) is 25.0 Å². The molecule has 1 aromatic carbocycles. The average molecular weight is 386 g/mol. The lowest BCUT2D eigenvalue weighted by atomic mass is 10.1. The van der Waals surface area contributed by atoms with Crippen LogP contribution in [0.5, 0.6) is 0 Å². The molecule has 2 N–H and O–H groups in total. The molecule has 26 heavy (non-hydrogen) atoms. The van der Waals surface area contributed by atoms with Gasteiger partial charge in [0.1, 0.15) is 0 Å². The highest BCUT2D eigenvalue weighted by Gasteiger charge is 2.34. The summed E-state index contributed by atoms with van der Waals surface area (Å²) in [6.07, 6.45) is 0.227. The molecule has 6 nitrogen and oxygen atoms in total. The number of nitrogens with zero attached hydrogens (tertiary/aromatic N) is 3. The number of rotatable bonds is 6. The molecule has 0 aliphatic rings. The van der Waals surface area contributed by atoms with Crippen molar-refractivity contribution < 1.29 is 18.0 Å². The van der Waals surface area contributed by atoms with Crippen LogP contribution >= 0.6 is 11.6 Å². The largest absolute Gasteiger partial charge is 0.418 e. The normalized spacial score (nSPS) is 11.0. The smallest absolute Gasteiger partial charge is 0.307 e. The summed E-state index contributed by atoms with van der Waals surface area (Å²) >= 11 is 5.60. The second-order valence-electron chi connectivity index (χ2n) is 5.37. The SMILES string of the molecule is N#CCCCCn1cc(NC(=O)Nc2ccc(Cl)cc2C(F)(F)F)cn1. The van der Waals surface area contributed by atoms with Gasteiger partial charge in [0.05, 0.1) is 29.2 Å². The maximum atomic E-state index is 13.0. The predicted octanol–water partition coefficient (Wildman–Crippen LogP) is 4.89. The molecule has 2 aromatic rings. The molecule has 0 aliphatic carbocycles. The fraction of sp³-hybridized carbons (Fsp3) is 0.312. The molecule has 10 heteroatoms. The van der Waals surface area contributed by atoms with E-state index in [4.69, 9.17) is 16.9 Å². The van der Waals surface area contributed by atoms with E-state index in [-0.39, 0.29) is 5.02 Å². The van der Waals surface area contributed by atoms with Crippen LogP contribution in [0.25, 0.3) is 0 Å². The number of hydrogen-bond acceptors (Lipinski definition) is 3. The number of alkyl halides is 3. The second kappa shape index (κ2) is 8.58. The van der Waals surface area contributed by atoms with E-state index in [9.17, 15) is 18.0 Å². The highest BCUT2D eigenvalue weighted by Crippen LogP contribution is 2.36. The van der Waals surface area contributed by atoms with Crippen LogP contribution in [0.3, 0.4) is 0 Å². The molecule has 2 rings (SSSR count). The van der Waals surface area contributed by atoms with Crippen LogP contribution in [0, 0.1) is 11.3 Å². The Morgan fingerprint density at radius 2 is 2.08 bits per heavy atom. The van der Waals surface area contributed by atoms with Crippen molar-refractivity contribution in [3.05, 3.63) is 41.2 Å². The fourth-order valence-corrected chi connectivity index (χ4v) is 2.35. The molecule has 0 aliphatic heterocycles. The Labute approximate surface area is 152 Å². The Morgan fingerprint density at radius 3 is 2.77 bits per heavy atom. The molecule has 0 radical (unpaired) electrons. The molecule has 0 spiro atoms. The van der Waals surface area contributed by atoms with Gasteiger partial charge in [0.25, 0.3) is 0 Å². The maximum Gasteiger partial charge on any atom is 0.418 e. The summed E-state index contributed by atoms with van der Waals surface area (Å²) in [4.78, 5) is 12.0. The van der Waals surface area contributed by atoms with Gasteiger partial charge in [-0.3, -0.25) is 4.68 Å². The third-order valence-corrected chi connectivity index (χ3v) is 3.59. The highest BCUT2D eigenvalue weighted by atomic mass is 35.5. The third-order valence-electron chi connectivity index (χ3n) is 3.35. The van der Waals surface area contributed by atoms with E-state index in [0.29, 0.717) is 18.7 Å². The zero-order valence-electron chi connectivity index (χ0n) is 13.5. The molecule has 0 bridgehead atoms. The van der Waals surface area contributed by atoms with E-state index in [1.54, 1.807) is 10.9 Å². The Kier molecular flexibility index (Phi) is 6.46. The molecule has 0 saturated carbocycles. The summed E-state index contributed by atoms with van der Waals surface area (Å²) in [6.45, 7) is 0.570. The van der Waals surface area contributed by atoms with E-state index in [2.05, 4.69) is 15.7 Å². The number of amides is 2. The molecule has 0 unspecified atom stereocenters. The lowest BCUT2D eigenvalue weighted by molar-refractivity contribution is -0.136.